The number of piperazine rings is 1. The van der Waals surface area contributed by atoms with Gasteiger partial charge in [-0.25, -0.2) is 0 Å². The van der Waals surface area contributed by atoms with Gasteiger partial charge in [0.15, 0.2) is 0 Å². The summed E-state index contributed by atoms with van der Waals surface area (Å²) in [5, 5.41) is 2.72. The Labute approximate surface area is 115 Å². The lowest BCUT2D eigenvalue weighted by molar-refractivity contribution is -0.131. The Morgan fingerprint density at radius 1 is 1.26 bits per heavy atom. The molecule has 2 fully saturated rings. The van der Waals surface area contributed by atoms with E-state index in [0.717, 1.165) is 19.3 Å². The molecular formula is C12H23N3O3S. The van der Waals surface area contributed by atoms with E-state index >= 15 is 0 Å². The average molecular weight is 289 g/mol. The molecule has 1 amide bonds. The van der Waals surface area contributed by atoms with Gasteiger partial charge in [-0.3, -0.25) is 4.79 Å². The highest BCUT2D eigenvalue weighted by atomic mass is 32.2. The predicted octanol–water partition coefficient (Wildman–Crippen LogP) is 0.316. The molecule has 2 heterocycles. The van der Waals surface area contributed by atoms with Gasteiger partial charge in [0.05, 0.1) is 0 Å². The molecular weight excluding hydrogens is 266 g/mol. The Morgan fingerprint density at radius 3 is 2.58 bits per heavy atom. The number of hydrogen-bond donors (Lipinski definition) is 1. The molecule has 0 spiro atoms. The lowest BCUT2D eigenvalue weighted by atomic mass is 10.0. The predicted molar refractivity (Wildman–Crippen MR) is 72.7 cm³/mol. The molecule has 2 aliphatic rings. The fraction of sp³-hybridized carbons (Fsp3) is 0.917. The van der Waals surface area contributed by atoms with E-state index in [2.05, 4.69) is 5.32 Å². The summed E-state index contributed by atoms with van der Waals surface area (Å²) in [5.74, 6) is -0.230. The molecule has 0 radical (unpaired) electrons. The SMILES string of the molecule is CC1CCCCN1S(=O)(=O)N1CCNC(=O)C1(C)C. The number of nitrogens with one attached hydrogen (secondary N) is 1. The Morgan fingerprint density at radius 2 is 1.95 bits per heavy atom. The monoisotopic (exact) mass is 289 g/mol. The Hall–Kier alpha value is -0.660. The molecule has 2 rings (SSSR count). The number of carbonyl (C=O) groups excluding carboxylic acids is 1. The highest BCUT2D eigenvalue weighted by Crippen LogP contribution is 2.28. The van der Waals surface area contributed by atoms with Crippen LogP contribution >= 0.6 is 0 Å². The summed E-state index contributed by atoms with van der Waals surface area (Å²) < 4.78 is 28.5. The van der Waals surface area contributed by atoms with Crippen LogP contribution in [0.15, 0.2) is 0 Å². The van der Waals surface area contributed by atoms with Crippen LogP contribution in [0.1, 0.15) is 40.0 Å². The van der Waals surface area contributed by atoms with Gasteiger partial charge in [-0.1, -0.05) is 6.42 Å². The first-order chi connectivity index (χ1) is 8.78. The van der Waals surface area contributed by atoms with E-state index in [1.807, 2.05) is 6.92 Å². The summed E-state index contributed by atoms with van der Waals surface area (Å²) in [6, 6.07) is 0.0135. The van der Waals surface area contributed by atoms with E-state index in [-0.39, 0.29) is 11.9 Å². The van der Waals surface area contributed by atoms with E-state index in [0.29, 0.717) is 19.6 Å². The van der Waals surface area contributed by atoms with Crippen LogP contribution in [-0.4, -0.2) is 54.2 Å². The van der Waals surface area contributed by atoms with Crippen LogP contribution in [0.2, 0.25) is 0 Å². The van der Waals surface area contributed by atoms with Crippen molar-refractivity contribution in [1.82, 2.24) is 13.9 Å². The molecule has 1 unspecified atom stereocenters. The van der Waals surface area contributed by atoms with Crippen LogP contribution in [0.3, 0.4) is 0 Å². The van der Waals surface area contributed by atoms with Crippen molar-refractivity contribution in [2.45, 2.75) is 51.6 Å². The van der Waals surface area contributed by atoms with Gasteiger partial charge in [-0.15, -0.1) is 0 Å². The Balaban J connectivity index is 2.30. The third-order valence-electron chi connectivity index (χ3n) is 4.10. The first-order valence-corrected chi connectivity index (χ1v) is 8.25. The van der Waals surface area contributed by atoms with Gasteiger partial charge in [0.1, 0.15) is 5.54 Å². The average Bonchev–Trinajstić information content (AvgIpc) is 2.32. The van der Waals surface area contributed by atoms with E-state index < -0.39 is 15.7 Å². The smallest absolute Gasteiger partial charge is 0.283 e. The molecule has 110 valence electrons. The first-order valence-electron chi connectivity index (χ1n) is 6.86. The summed E-state index contributed by atoms with van der Waals surface area (Å²) in [6.07, 6.45) is 2.85. The van der Waals surface area contributed by atoms with Gasteiger partial charge in [0.25, 0.3) is 10.2 Å². The van der Waals surface area contributed by atoms with Crippen LogP contribution in [0.5, 0.6) is 0 Å². The van der Waals surface area contributed by atoms with Crippen molar-refractivity contribution < 1.29 is 13.2 Å². The van der Waals surface area contributed by atoms with E-state index in [1.54, 1.807) is 18.2 Å². The molecule has 0 aromatic carbocycles. The summed E-state index contributed by atoms with van der Waals surface area (Å²) in [7, 11) is -3.57. The molecule has 0 aliphatic carbocycles. The second-order valence-corrected chi connectivity index (χ2v) is 7.66. The van der Waals surface area contributed by atoms with Gasteiger partial charge in [-0.05, 0) is 33.6 Å². The van der Waals surface area contributed by atoms with Crippen LogP contribution in [0.25, 0.3) is 0 Å². The molecule has 2 aliphatic heterocycles. The fourth-order valence-corrected chi connectivity index (χ4v) is 4.98. The molecule has 2 saturated heterocycles. The minimum atomic E-state index is -3.57. The van der Waals surface area contributed by atoms with Crippen molar-refractivity contribution in [3.8, 4) is 0 Å². The topological polar surface area (TPSA) is 69.7 Å². The number of nitrogens with zero attached hydrogens (tertiary/aromatic N) is 2. The number of amides is 1. The summed E-state index contributed by atoms with van der Waals surface area (Å²) in [5.41, 5.74) is -1.02. The molecule has 7 heteroatoms. The molecule has 1 N–H and O–H groups in total. The van der Waals surface area contributed by atoms with Crippen molar-refractivity contribution >= 4 is 16.1 Å². The number of piperidine rings is 1. The van der Waals surface area contributed by atoms with E-state index in [1.165, 1.54) is 4.31 Å². The maximum Gasteiger partial charge on any atom is 0.283 e. The quantitative estimate of drug-likeness (QED) is 0.796. The number of carbonyl (C=O) groups is 1. The van der Waals surface area contributed by atoms with Crippen LogP contribution in [0.4, 0.5) is 0 Å². The van der Waals surface area contributed by atoms with Crippen molar-refractivity contribution in [2.24, 2.45) is 0 Å². The van der Waals surface area contributed by atoms with Gasteiger partial charge < -0.3 is 5.32 Å². The second-order valence-electron chi connectivity index (χ2n) is 5.85. The van der Waals surface area contributed by atoms with Crippen LogP contribution < -0.4 is 5.32 Å². The fourth-order valence-electron chi connectivity index (χ4n) is 2.82. The minimum Gasteiger partial charge on any atom is -0.353 e. The Kier molecular flexibility index (Phi) is 3.90. The molecule has 19 heavy (non-hydrogen) atoms. The molecule has 6 nitrogen and oxygen atoms in total. The standard InChI is InChI=1S/C12H23N3O3S/c1-10-6-4-5-8-14(10)19(17,18)15-9-7-13-11(16)12(15,2)3/h10H,4-9H2,1-3H3,(H,13,16). The highest BCUT2D eigenvalue weighted by molar-refractivity contribution is 7.86. The van der Waals surface area contributed by atoms with Crippen molar-refractivity contribution in [2.75, 3.05) is 19.6 Å². The summed E-state index contributed by atoms with van der Waals surface area (Å²) in [6.45, 7) is 6.53. The molecule has 1 atom stereocenters. The summed E-state index contributed by atoms with van der Waals surface area (Å²) >= 11 is 0. The molecule has 0 aromatic heterocycles. The van der Waals surface area contributed by atoms with E-state index in [4.69, 9.17) is 0 Å². The molecule has 0 aromatic rings. The van der Waals surface area contributed by atoms with Crippen molar-refractivity contribution in [1.29, 1.82) is 0 Å². The Bertz CT molecular complexity index is 461. The first kappa shape index (κ1) is 14.7. The third-order valence-corrected chi connectivity index (χ3v) is 6.43. The maximum atomic E-state index is 12.8. The summed E-state index contributed by atoms with van der Waals surface area (Å²) in [4.78, 5) is 11.9. The van der Waals surface area contributed by atoms with Gasteiger partial charge in [-0.2, -0.15) is 17.0 Å². The lowest BCUT2D eigenvalue weighted by Gasteiger charge is -2.44. The largest absolute Gasteiger partial charge is 0.353 e. The number of hydrogen-bond acceptors (Lipinski definition) is 3. The zero-order valence-electron chi connectivity index (χ0n) is 11.8. The molecule has 0 bridgehead atoms. The van der Waals surface area contributed by atoms with E-state index in [9.17, 15) is 13.2 Å². The lowest BCUT2D eigenvalue weighted by Crippen LogP contribution is -2.66. The zero-order valence-corrected chi connectivity index (χ0v) is 12.7. The van der Waals surface area contributed by atoms with Crippen LogP contribution in [0, 0.1) is 0 Å². The van der Waals surface area contributed by atoms with Gasteiger partial charge in [0, 0.05) is 25.7 Å². The second kappa shape index (κ2) is 5.03. The highest BCUT2D eigenvalue weighted by Gasteiger charge is 2.47. The van der Waals surface area contributed by atoms with Gasteiger partial charge >= 0.3 is 0 Å². The number of rotatable bonds is 2. The minimum absolute atomic E-state index is 0.0135. The normalized spacial score (nSPS) is 30.1. The molecule has 0 saturated carbocycles. The maximum absolute atomic E-state index is 12.8. The zero-order chi connectivity index (χ0) is 14.3. The van der Waals surface area contributed by atoms with Crippen molar-refractivity contribution in [3.05, 3.63) is 0 Å². The van der Waals surface area contributed by atoms with Crippen LogP contribution in [-0.2, 0) is 15.0 Å². The third kappa shape index (κ3) is 2.51. The van der Waals surface area contributed by atoms with Gasteiger partial charge in [0.2, 0.25) is 5.91 Å². The van der Waals surface area contributed by atoms with Crippen molar-refractivity contribution in [3.63, 3.8) is 0 Å².